The second kappa shape index (κ2) is 11.7. The number of aromatic nitrogens is 1. The van der Waals surface area contributed by atoms with Crippen molar-refractivity contribution in [3.63, 3.8) is 0 Å². The third-order valence-corrected chi connectivity index (χ3v) is 5.76. The largest absolute Gasteiger partial charge is 0.490 e. The average molecular weight is 486 g/mol. The first-order valence-electron chi connectivity index (χ1n) is 11.0. The number of rotatable bonds is 10. The lowest BCUT2D eigenvalue weighted by Gasteiger charge is -2.13. The molecule has 0 fully saturated rings. The molecule has 4 aromatic rings. The van der Waals surface area contributed by atoms with E-state index >= 15 is 0 Å². The summed E-state index contributed by atoms with van der Waals surface area (Å²) in [6, 6.07) is 24.3. The number of anilines is 1. The van der Waals surface area contributed by atoms with E-state index in [2.05, 4.69) is 10.3 Å². The minimum Gasteiger partial charge on any atom is -0.490 e. The molecule has 1 heterocycles. The zero-order chi connectivity index (χ0) is 24.5. The molecule has 8 heteroatoms. The van der Waals surface area contributed by atoms with Crippen molar-refractivity contribution in [2.45, 2.75) is 6.92 Å². The van der Waals surface area contributed by atoms with Gasteiger partial charge in [0, 0.05) is 0 Å². The first-order chi connectivity index (χ1) is 17.2. The molecule has 0 aliphatic carbocycles. The van der Waals surface area contributed by atoms with Gasteiger partial charge in [0.2, 0.25) is 0 Å². The number of amides is 1. The number of carbonyl (C=O) groups excluding carboxylic acids is 1. The molecule has 0 aliphatic heterocycles. The summed E-state index contributed by atoms with van der Waals surface area (Å²) in [5.41, 5.74) is 1.38. The van der Waals surface area contributed by atoms with Crippen LogP contribution in [0.25, 0.3) is 16.3 Å². The van der Waals surface area contributed by atoms with Gasteiger partial charge >= 0.3 is 0 Å². The number of para-hydroxylation sites is 2. The van der Waals surface area contributed by atoms with E-state index in [0.29, 0.717) is 42.0 Å². The van der Waals surface area contributed by atoms with Crippen LogP contribution in [0.1, 0.15) is 12.5 Å². The van der Waals surface area contributed by atoms with Crippen LogP contribution >= 0.6 is 11.3 Å². The van der Waals surface area contributed by atoms with Gasteiger partial charge in [-0.15, -0.1) is 0 Å². The van der Waals surface area contributed by atoms with Crippen LogP contribution in [-0.4, -0.2) is 30.7 Å². The van der Waals surface area contributed by atoms with Gasteiger partial charge in [0.1, 0.15) is 30.6 Å². The van der Waals surface area contributed by atoms with Crippen LogP contribution in [0, 0.1) is 11.3 Å². The molecule has 4 rings (SSSR count). The van der Waals surface area contributed by atoms with E-state index in [1.807, 2.05) is 67.6 Å². The maximum Gasteiger partial charge on any atom is 0.268 e. The Labute approximate surface area is 207 Å². The van der Waals surface area contributed by atoms with E-state index in [1.54, 1.807) is 18.2 Å². The van der Waals surface area contributed by atoms with Gasteiger partial charge in [-0.1, -0.05) is 47.7 Å². The molecule has 1 amide bonds. The predicted octanol–water partition coefficient (Wildman–Crippen LogP) is 5.70. The summed E-state index contributed by atoms with van der Waals surface area (Å²) in [5, 5.41) is 12.7. The molecular formula is C27H23N3O4S. The highest BCUT2D eigenvalue weighted by molar-refractivity contribution is 7.22. The third-order valence-electron chi connectivity index (χ3n) is 4.81. The number of nitrogens with zero attached hydrogens (tertiary/aromatic N) is 2. The fourth-order valence-electron chi connectivity index (χ4n) is 3.24. The lowest BCUT2D eigenvalue weighted by atomic mass is 10.1. The third kappa shape index (κ3) is 6.37. The van der Waals surface area contributed by atoms with E-state index in [-0.39, 0.29) is 5.57 Å². The molecule has 0 spiro atoms. The van der Waals surface area contributed by atoms with E-state index in [1.165, 1.54) is 17.4 Å². The molecule has 176 valence electrons. The van der Waals surface area contributed by atoms with Gasteiger partial charge in [0.15, 0.2) is 16.6 Å². The van der Waals surface area contributed by atoms with Gasteiger partial charge in [-0.05, 0) is 55.0 Å². The highest BCUT2D eigenvalue weighted by atomic mass is 32.1. The molecule has 0 bridgehead atoms. The smallest absolute Gasteiger partial charge is 0.268 e. The number of hydrogen-bond donors (Lipinski definition) is 1. The molecule has 0 aliphatic rings. The van der Waals surface area contributed by atoms with Crippen molar-refractivity contribution in [3.05, 3.63) is 83.9 Å². The van der Waals surface area contributed by atoms with Crippen molar-refractivity contribution in [1.29, 1.82) is 5.26 Å². The van der Waals surface area contributed by atoms with E-state index < -0.39 is 5.91 Å². The molecule has 1 N–H and O–H groups in total. The molecule has 3 aromatic carbocycles. The summed E-state index contributed by atoms with van der Waals surface area (Å²) in [6.45, 7) is 3.02. The van der Waals surface area contributed by atoms with Crippen molar-refractivity contribution in [3.8, 4) is 23.3 Å². The SMILES string of the molecule is CCOc1cc(/C=C(\C#N)C(=O)Nc2nc3ccccc3s2)ccc1OCCOc1ccccc1. The number of carbonyl (C=O) groups is 1. The van der Waals surface area contributed by atoms with Crippen molar-refractivity contribution in [2.24, 2.45) is 0 Å². The molecule has 0 atom stereocenters. The number of thiazole rings is 1. The molecule has 1 aromatic heterocycles. The van der Waals surface area contributed by atoms with Crippen LogP contribution < -0.4 is 19.5 Å². The van der Waals surface area contributed by atoms with Crippen molar-refractivity contribution < 1.29 is 19.0 Å². The molecule has 0 radical (unpaired) electrons. The van der Waals surface area contributed by atoms with Crippen molar-refractivity contribution in [2.75, 3.05) is 25.1 Å². The Hall–Kier alpha value is -4.35. The van der Waals surface area contributed by atoms with Crippen LogP contribution in [0.2, 0.25) is 0 Å². The van der Waals surface area contributed by atoms with Crippen LogP contribution in [0.15, 0.2) is 78.4 Å². The number of benzene rings is 3. The quantitative estimate of drug-likeness (QED) is 0.176. The molecular weight excluding hydrogens is 462 g/mol. The molecule has 7 nitrogen and oxygen atoms in total. The van der Waals surface area contributed by atoms with Gasteiger partial charge < -0.3 is 14.2 Å². The maximum absolute atomic E-state index is 12.7. The molecule has 0 unspecified atom stereocenters. The van der Waals surface area contributed by atoms with E-state index in [9.17, 15) is 10.1 Å². The Bertz CT molecular complexity index is 1340. The fourth-order valence-corrected chi connectivity index (χ4v) is 4.10. The second-order valence-corrected chi connectivity index (χ2v) is 8.29. The van der Waals surface area contributed by atoms with Crippen molar-refractivity contribution in [1.82, 2.24) is 4.98 Å². The highest BCUT2D eigenvalue weighted by Crippen LogP contribution is 2.30. The lowest BCUT2D eigenvalue weighted by Crippen LogP contribution is -2.13. The summed E-state index contributed by atoms with van der Waals surface area (Å²) in [7, 11) is 0. The van der Waals surface area contributed by atoms with Gasteiger partial charge in [-0.25, -0.2) is 4.98 Å². The summed E-state index contributed by atoms with van der Waals surface area (Å²) < 4.78 is 18.2. The molecule has 0 saturated carbocycles. The van der Waals surface area contributed by atoms with Gasteiger partial charge in [-0.2, -0.15) is 5.26 Å². The average Bonchev–Trinajstić information content (AvgIpc) is 3.29. The number of nitrogens with one attached hydrogen (secondary N) is 1. The minimum absolute atomic E-state index is 0.0448. The number of fused-ring (bicyclic) bond motifs is 1. The summed E-state index contributed by atoms with van der Waals surface area (Å²) in [6.07, 6.45) is 1.51. The molecule has 0 saturated heterocycles. The number of ether oxygens (including phenoxy) is 3. The first-order valence-corrected chi connectivity index (χ1v) is 11.8. The van der Waals surface area contributed by atoms with Gasteiger partial charge in [0.25, 0.3) is 5.91 Å². The predicted molar refractivity (Wildman–Crippen MR) is 137 cm³/mol. The number of hydrogen-bond acceptors (Lipinski definition) is 7. The van der Waals surface area contributed by atoms with Crippen molar-refractivity contribution >= 4 is 38.7 Å². The second-order valence-electron chi connectivity index (χ2n) is 7.26. The van der Waals surface area contributed by atoms with E-state index in [0.717, 1.165) is 16.0 Å². The summed E-state index contributed by atoms with van der Waals surface area (Å²) in [4.78, 5) is 17.1. The fraction of sp³-hybridized carbons (Fsp3) is 0.148. The van der Waals surface area contributed by atoms with Gasteiger partial charge in [-0.3, -0.25) is 10.1 Å². The normalized spacial score (nSPS) is 11.0. The van der Waals surface area contributed by atoms with Crippen LogP contribution in [0.3, 0.4) is 0 Å². The molecule has 35 heavy (non-hydrogen) atoms. The van der Waals surface area contributed by atoms with Crippen LogP contribution in [0.4, 0.5) is 5.13 Å². The monoisotopic (exact) mass is 485 g/mol. The summed E-state index contributed by atoms with van der Waals surface area (Å²) >= 11 is 1.35. The Balaban J connectivity index is 1.43. The Morgan fingerprint density at radius 1 is 1.00 bits per heavy atom. The lowest BCUT2D eigenvalue weighted by molar-refractivity contribution is -0.112. The Morgan fingerprint density at radius 3 is 2.54 bits per heavy atom. The Kier molecular flexibility index (Phi) is 7.94. The number of nitriles is 1. The first kappa shape index (κ1) is 23.8. The Morgan fingerprint density at radius 2 is 1.77 bits per heavy atom. The van der Waals surface area contributed by atoms with Crippen LogP contribution in [-0.2, 0) is 4.79 Å². The highest BCUT2D eigenvalue weighted by Gasteiger charge is 2.14. The van der Waals surface area contributed by atoms with Gasteiger partial charge in [0.05, 0.1) is 16.8 Å². The topological polar surface area (TPSA) is 93.5 Å². The zero-order valence-electron chi connectivity index (χ0n) is 19.1. The maximum atomic E-state index is 12.7. The summed E-state index contributed by atoms with van der Waals surface area (Å²) in [5.74, 6) is 1.32. The van der Waals surface area contributed by atoms with Crippen LogP contribution in [0.5, 0.6) is 17.2 Å². The van der Waals surface area contributed by atoms with E-state index in [4.69, 9.17) is 14.2 Å². The standard InChI is InChI=1S/C27H23N3O4S/c1-2-32-24-17-19(12-13-23(24)34-15-14-33-21-8-4-3-5-9-21)16-20(18-28)26(31)30-27-29-22-10-6-7-11-25(22)35-27/h3-13,16-17H,2,14-15H2,1H3,(H,29,30,31)/b20-16+. The zero-order valence-corrected chi connectivity index (χ0v) is 19.9. The minimum atomic E-state index is -0.525.